The van der Waals surface area contributed by atoms with Gasteiger partial charge < -0.3 is 15.4 Å². The number of carbonyl (C=O) groups is 2. The van der Waals surface area contributed by atoms with Gasteiger partial charge in [0.15, 0.2) is 0 Å². The van der Waals surface area contributed by atoms with Gasteiger partial charge in [0.05, 0.1) is 5.41 Å². The summed E-state index contributed by atoms with van der Waals surface area (Å²) in [4.78, 5) is 24.7. The van der Waals surface area contributed by atoms with E-state index in [9.17, 15) is 9.59 Å². The number of halogens is 1. The van der Waals surface area contributed by atoms with Crippen molar-refractivity contribution in [2.45, 2.75) is 32.1 Å². The molecule has 1 aliphatic heterocycles. The number of rotatable bonds is 4. The summed E-state index contributed by atoms with van der Waals surface area (Å²) < 4.78 is 6.49. The first kappa shape index (κ1) is 19.6. The lowest BCUT2D eigenvalue weighted by atomic mass is 9.73. The number of benzene rings is 2. The minimum atomic E-state index is -0.627. The Hall–Kier alpha value is -2.18. The van der Waals surface area contributed by atoms with Crippen LogP contribution < -0.4 is 10.6 Å². The van der Waals surface area contributed by atoms with Crippen molar-refractivity contribution in [3.63, 3.8) is 0 Å². The van der Waals surface area contributed by atoms with Crippen LogP contribution in [0.5, 0.6) is 0 Å². The maximum Gasteiger partial charge on any atom is 0.235 e. The predicted octanol–water partition coefficient (Wildman–Crippen LogP) is 4.40. The summed E-state index contributed by atoms with van der Waals surface area (Å²) in [5.74, 6) is -0.192. The Labute approximate surface area is 167 Å². The summed E-state index contributed by atoms with van der Waals surface area (Å²) in [6, 6.07) is 13.4. The second kappa shape index (κ2) is 8.23. The van der Waals surface area contributed by atoms with Crippen molar-refractivity contribution in [3.8, 4) is 0 Å². The number of anilines is 2. The highest BCUT2D eigenvalue weighted by Crippen LogP contribution is 2.37. The molecule has 6 heteroatoms. The Bertz CT molecular complexity index is 843. The van der Waals surface area contributed by atoms with Crippen molar-refractivity contribution in [2.24, 2.45) is 0 Å². The van der Waals surface area contributed by atoms with Gasteiger partial charge in [-0.1, -0.05) is 34.1 Å². The van der Waals surface area contributed by atoms with Crippen LogP contribution in [0.15, 0.2) is 46.9 Å². The quantitative estimate of drug-likeness (QED) is 0.754. The molecule has 2 amide bonds. The molecular weight excluding hydrogens is 408 g/mol. The molecule has 1 aliphatic rings. The second-order valence-electron chi connectivity index (χ2n) is 6.87. The van der Waals surface area contributed by atoms with Gasteiger partial charge in [-0.2, -0.15) is 0 Å². The predicted molar refractivity (Wildman–Crippen MR) is 110 cm³/mol. The fourth-order valence-electron chi connectivity index (χ4n) is 3.41. The molecule has 2 aromatic rings. The van der Waals surface area contributed by atoms with E-state index in [-0.39, 0.29) is 11.8 Å². The zero-order valence-electron chi connectivity index (χ0n) is 15.5. The molecule has 142 valence electrons. The van der Waals surface area contributed by atoms with Crippen LogP contribution >= 0.6 is 15.9 Å². The van der Waals surface area contributed by atoms with E-state index in [0.29, 0.717) is 37.4 Å². The molecule has 1 heterocycles. The normalized spacial score (nSPS) is 15.8. The van der Waals surface area contributed by atoms with Crippen LogP contribution in [0.1, 0.15) is 30.9 Å². The van der Waals surface area contributed by atoms with Gasteiger partial charge >= 0.3 is 0 Å². The first-order valence-electron chi connectivity index (χ1n) is 8.94. The Morgan fingerprint density at radius 2 is 1.70 bits per heavy atom. The third-order valence-electron chi connectivity index (χ3n) is 4.98. The molecule has 2 aromatic carbocycles. The molecule has 0 aliphatic carbocycles. The smallest absolute Gasteiger partial charge is 0.235 e. The average molecular weight is 431 g/mol. The van der Waals surface area contributed by atoms with Gasteiger partial charge in [0.25, 0.3) is 0 Å². The van der Waals surface area contributed by atoms with Gasteiger partial charge in [0.1, 0.15) is 0 Å². The van der Waals surface area contributed by atoms with E-state index in [0.717, 1.165) is 15.6 Å². The zero-order chi connectivity index (χ0) is 19.4. The molecule has 0 aromatic heterocycles. The van der Waals surface area contributed by atoms with Gasteiger partial charge in [-0.3, -0.25) is 9.59 Å². The van der Waals surface area contributed by atoms with Crippen LogP contribution in [0.2, 0.25) is 0 Å². The lowest BCUT2D eigenvalue weighted by Crippen LogP contribution is -2.44. The fraction of sp³-hybridized carbons (Fsp3) is 0.333. The molecule has 0 atom stereocenters. The van der Waals surface area contributed by atoms with Crippen molar-refractivity contribution in [2.75, 3.05) is 23.8 Å². The Balaban J connectivity index is 1.89. The van der Waals surface area contributed by atoms with E-state index in [4.69, 9.17) is 4.74 Å². The molecule has 0 spiro atoms. The largest absolute Gasteiger partial charge is 0.381 e. The fourth-order valence-corrected chi connectivity index (χ4v) is 3.67. The van der Waals surface area contributed by atoms with E-state index < -0.39 is 5.41 Å². The van der Waals surface area contributed by atoms with Gasteiger partial charge in [0, 0.05) is 36.0 Å². The van der Waals surface area contributed by atoms with Crippen molar-refractivity contribution in [1.82, 2.24) is 0 Å². The summed E-state index contributed by atoms with van der Waals surface area (Å²) >= 11 is 3.45. The van der Waals surface area contributed by atoms with Crippen LogP contribution in [0.25, 0.3) is 0 Å². The molecule has 2 N–H and O–H groups in total. The van der Waals surface area contributed by atoms with E-state index >= 15 is 0 Å². The van der Waals surface area contributed by atoms with Crippen molar-refractivity contribution < 1.29 is 14.3 Å². The Morgan fingerprint density at radius 1 is 1.04 bits per heavy atom. The SMILES string of the molecule is CC(=O)Nc1cc(NC(=O)C2(c3ccc(Br)cc3)CCOCC2)ccc1C. The zero-order valence-corrected chi connectivity index (χ0v) is 17.1. The highest BCUT2D eigenvalue weighted by molar-refractivity contribution is 9.10. The van der Waals surface area contributed by atoms with Crippen molar-refractivity contribution >= 4 is 39.1 Å². The highest BCUT2D eigenvalue weighted by Gasteiger charge is 2.41. The highest BCUT2D eigenvalue weighted by atomic mass is 79.9. The Morgan fingerprint density at radius 3 is 2.33 bits per heavy atom. The number of hydrogen-bond acceptors (Lipinski definition) is 3. The standard InChI is InChI=1S/C21H23BrN2O3/c1-14-3-8-18(13-19(14)23-15(2)25)24-20(26)21(9-11-27-12-10-21)16-4-6-17(22)7-5-16/h3-8,13H,9-12H2,1-2H3,(H,23,25)(H,24,26). The number of ether oxygens (including phenoxy) is 1. The monoisotopic (exact) mass is 430 g/mol. The summed E-state index contributed by atoms with van der Waals surface area (Å²) in [6.45, 7) is 4.48. The van der Waals surface area contributed by atoms with Crippen LogP contribution in [0.3, 0.4) is 0 Å². The number of aryl methyl sites for hydroxylation is 1. The lowest BCUT2D eigenvalue weighted by molar-refractivity contribution is -0.125. The van der Waals surface area contributed by atoms with Gasteiger partial charge in [-0.15, -0.1) is 0 Å². The average Bonchev–Trinajstić information content (AvgIpc) is 2.65. The molecule has 0 radical (unpaired) electrons. The summed E-state index contributed by atoms with van der Waals surface area (Å²) in [5.41, 5.74) is 2.66. The number of hydrogen-bond donors (Lipinski definition) is 2. The number of nitrogens with one attached hydrogen (secondary N) is 2. The van der Waals surface area contributed by atoms with E-state index in [1.54, 1.807) is 6.07 Å². The molecule has 0 saturated carbocycles. The first-order valence-corrected chi connectivity index (χ1v) is 9.73. The van der Waals surface area contributed by atoms with Gasteiger partial charge in [-0.05, 0) is 55.2 Å². The maximum atomic E-state index is 13.3. The molecule has 1 fully saturated rings. The van der Waals surface area contributed by atoms with E-state index in [2.05, 4.69) is 26.6 Å². The molecule has 1 saturated heterocycles. The van der Waals surface area contributed by atoms with Crippen LogP contribution in [-0.2, 0) is 19.7 Å². The molecular formula is C21H23BrN2O3. The molecule has 3 rings (SSSR count). The maximum absolute atomic E-state index is 13.3. The number of carbonyl (C=O) groups excluding carboxylic acids is 2. The molecule has 27 heavy (non-hydrogen) atoms. The number of amides is 2. The Kier molecular flexibility index (Phi) is 5.97. The molecule has 5 nitrogen and oxygen atoms in total. The van der Waals surface area contributed by atoms with Crippen LogP contribution in [0, 0.1) is 6.92 Å². The van der Waals surface area contributed by atoms with Crippen LogP contribution in [-0.4, -0.2) is 25.0 Å². The minimum absolute atomic E-state index is 0.0502. The van der Waals surface area contributed by atoms with Gasteiger partial charge in [-0.25, -0.2) is 0 Å². The molecule has 0 unspecified atom stereocenters. The summed E-state index contributed by atoms with van der Waals surface area (Å²) in [6.07, 6.45) is 1.26. The summed E-state index contributed by atoms with van der Waals surface area (Å²) in [5, 5.41) is 5.85. The van der Waals surface area contributed by atoms with Gasteiger partial charge in [0.2, 0.25) is 11.8 Å². The third kappa shape index (κ3) is 4.39. The second-order valence-corrected chi connectivity index (χ2v) is 7.78. The topological polar surface area (TPSA) is 67.4 Å². The third-order valence-corrected chi connectivity index (χ3v) is 5.51. The first-order chi connectivity index (χ1) is 12.9. The van der Waals surface area contributed by atoms with Crippen molar-refractivity contribution in [3.05, 3.63) is 58.1 Å². The van der Waals surface area contributed by atoms with E-state index in [1.165, 1.54) is 6.92 Å². The van der Waals surface area contributed by atoms with Crippen molar-refractivity contribution in [1.29, 1.82) is 0 Å². The van der Waals surface area contributed by atoms with Crippen LogP contribution in [0.4, 0.5) is 11.4 Å². The van der Waals surface area contributed by atoms with E-state index in [1.807, 2.05) is 43.3 Å². The minimum Gasteiger partial charge on any atom is -0.381 e. The molecule has 0 bridgehead atoms. The summed E-state index contributed by atoms with van der Waals surface area (Å²) in [7, 11) is 0. The lowest BCUT2D eigenvalue weighted by Gasteiger charge is -2.36.